The summed E-state index contributed by atoms with van der Waals surface area (Å²) in [7, 11) is 0. The zero-order valence-corrected chi connectivity index (χ0v) is 10.5. The zero-order valence-electron chi connectivity index (χ0n) is 10.5. The summed E-state index contributed by atoms with van der Waals surface area (Å²) in [6, 6.07) is 3.81. The lowest BCUT2D eigenvalue weighted by Gasteiger charge is -2.11. The Hall–Kier alpha value is -1.66. The normalized spacial score (nSPS) is 18.5. The van der Waals surface area contributed by atoms with Gasteiger partial charge in [-0.15, -0.1) is 0 Å². The molecular weight excluding hydrogens is 251 g/mol. The van der Waals surface area contributed by atoms with Crippen LogP contribution in [-0.2, 0) is 14.3 Å². The van der Waals surface area contributed by atoms with Gasteiger partial charge < -0.3 is 20.5 Å². The summed E-state index contributed by atoms with van der Waals surface area (Å²) >= 11 is 0. The third-order valence-corrected chi connectivity index (χ3v) is 2.85. The topological polar surface area (TPSA) is 73.6 Å². The summed E-state index contributed by atoms with van der Waals surface area (Å²) in [4.78, 5) is 11.6. The van der Waals surface area contributed by atoms with Gasteiger partial charge in [0.15, 0.2) is 0 Å². The van der Waals surface area contributed by atoms with Gasteiger partial charge in [-0.3, -0.25) is 4.79 Å². The van der Waals surface area contributed by atoms with Gasteiger partial charge in [0.2, 0.25) is 5.91 Å². The van der Waals surface area contributed by atoms with Crippen LogP contribution in [-0.4, -0.2) is 31.8 Å². The zero-order chi connectivity index (χ0) is 13.7. The summed E-state index contributed by atoms with van der Waals surface area (Å²) in [6.45, 7) is 1.04. The van der Waals surface area contributed by atoms with Crippen molar-refractivity contribution in [3.63, 3.8) is 0 Å². The van der Waals surface area contributed by atoms with Gasteiger partial charge in [-0.25, -0.2) is 4.39 Å². The van der Waals surface area contributed by atoms with Crippen molar-refractivity contribution in [2.75, 3.05) is 30.9 Å². The largest absolute Gasteiger partial charge is 0.397 e. The maximum absolute atomic E-state index is 13.0. The van der Waals surface area contributed by atoms with Crippen molar-refractivity contribution in [2.45, 2.75) is 18.9 Å². The van der Waals surface area contributed by atoms with Crippen molar-refractivity contribution in [3.8, 4) is 0 Å². The average Bonchev–Trinajstić information content (AvgIpc) is 2.87. The first-order valence-corrected chi connectivity index (χ1v) is 6.19. The number of halogens is 1. The van der Waals surface area contributed by atoms with E-state index in [2.05, 4.69) is 5.32 Å². The SMILES string of the molecule is Nc1ccc(F)cc1NC(=O)COCC1CCCO1. The standard InChI is InChI=1S/C13H17FN2O3/c14-9-3-4-11(15)12(6-9)16-13(17)8-18-7-10-2-1-5-19-10/h3-4,6,10H,1-2,5,7-8,15H2,(H,16,17). The third-order valence-electron chi connectivity index (χ3n) is 2.85. The fraction of sp³-hybridized carbons (Fsp3) is 0.462. The minimum Gasteiger partial charge on any atom is -0.397 e. The lowest BCUT2D eigenvalue weighted by molar-refractivity contribution is -0.121. The van der Waals surface area contributed by atoms with Crippen LogP contribution in [0, 0.1) is 5.82 Å². The molecule has 1 unspecified atom stereocenters. The predicted octanol–water partition coefficient (Wildman–Crippen LogP) is 1.54. The molecule has 1 aliphatic rings. The molecule has 1 aliphatic heterocycles. The van der Waals surface area contributed by atoms with E-state index >= 15 is 0 Å². The smallest absolute Gasteiger partial charge is 0.250 e. The highest BCUT2D eigenvalue weighted by molar-refractivity contribution is 5.94. The van der Waals surface area contributed by atoms with E-state index in [0.717, 1.165) is 19.4 Å². The quantitative estimate of drug-likeness (QED) is 0.794. The van der Waals surface area contributed by atoms with Gasteiger partial charge in [-0.1, -0.05) is 0 Å². The number of carbonyl (C=O) groups is 1. The molecule has 1 saturated heterocycles. The molecule has 5 nitrogen and oxygen atoms in total. The molecule has 2 rings (SSSR count). The Labute approximate surface area is 110 Å². The van der Waals surface area contributed by atoms with Crippen LogP contribution in [0.25, 0.3) is 0 Å². The number of hydrogen-bond donors (Lipinski definition) is 2. The number of amides is 1. The van der Waals surface area contributed by atoms with E-state index in [9.17, 15) is 9.18 Å². The van der Waals surface area contributed by atoms with Crippen molar-refractivity contribution >= 4 is 17.3 Å². The van der Waals surface area contributed by atoms with Crippen molar-refractivity contribution in [1.82, 2.24) is 0 Å². The fourth-order valence-electron chi connectivity index (χ4n) is 1.88. The molecule has 0 bridgehead atoms. The van der Waals surface area contributed by atoms with E-state index < -0.39 is 5.82 Å². The molecule has 1 heterocycles. The lowest BCUT2D eigenvalue weighted by atomic mass is 10.2. The van der Waals surface area contributed by atoms with Gasteiger partial charge in [0.1, 0.15) is 12.4 Å². The summed E-state index contributed by atoms with van der Waals surface area (Å²) in [5.41, 5.74) is 6.19. The monoisotopic (exact) mass is 268 g/mol. The number of benzene rings is 1. The molecule has 1 fully saturated rings. The van der Waals surface area contributed by atoms with Crippen LogP contribution in [0.1, 0.15) is 12.8 Å². The van der Waals surface area contributed by atoms with Crippen LogP contribution in [0.2, 0.25) is 0 Å². The van der Waals surface area contributed by atoms with Crippen molar-refractivity contribution in [3.05, 3.63) is 24.0 Å². The molecule has 0 radical (unpaired) electrons. The van der Waals surface area contributed by atoms with E-state index in [1.54, 1.807) is 0 Å². The summed E-state index contributed by atoms with van der Waals surface area (Å²) in [5, 5.41) is 2.51. The second-order valence-electron chi connectivity index (χ2n) is 4.43. The minimum atomic E-state index is -0.454. The second-order valence-corrected chi connectivity index (χ2v) is 4.43. The Morgan fingerprint density at radius 3 is 3.16 bits per heavy atom. The molecule has 0 saturated carbocycles. The van der Waals surface area contributed by atoms with Crippen molar-refractivity contribution in [1.29, 1.82) is 0 Å². The molecule has 1 aromatic carbocycles. The summed E-state index contributed by atoms with van der Waals surface area (Å²) < 4.78 is 23.6. The fourth-order valence-corrected chi connectivity index (χ4v) is 1.88. The van der Waals surface area contributed by atoms with Crippen molar-refractivity contribution < 1.29 is 18.7 Å². The Bertz CT molecular complexity index is 448. The van der Waals surface area contributed by atoms with Gasteiger partial charge in [-0.05, 0) is 31.0 Å². The first kappa shape index (κ1) is 13.8. The minimum absolute atomic E-state index is 0.0760. The highest BCUT2D eigenvalue weighted by atomic mass is 19.1. The van der Waals surface area contributed by atoms with E-state index in [0.29, 0.717) is 12.3 Å². The molecular formula is C13H17FN2O3. The number of ether oxygens (including phenoxy) is 2. The van der Waals surface area contributed by atoms with E-state index in [1.165, 1.54) is 18.2 Å². The van der Waals surface area contributed by atoms with Crippen LogP contribution in [0.5, 0.6) is 0 Å². The molecule has 19 heavy (non-hydrogen) atoms. The average molecular weight is 268 g/mol. The third kappa shape index (κ3) is 4.18. The van der Waals surface area contributed by atoms with E-state index in [4.69, 9.17) is 15.2 Å². The van der Waals surface area contributed by atoms with Crippen LogP contribution in [0.4, 0.5) is 15.8 Å². The Morgan fingerprint density at radius 1 is 1.58 bits per heavy atom. The number of anilines is 2. The van der Waals surface area contributed by atoms with Crippen LogP contribution < -0.4 is 11.1 Å². The highest BCUT2D eigenvalue weighted by Crippen LogP contribution is 2.19. The maximum atomic E-state index is 13.0. The first-order valence-electron chi connectivity index (χ1n) is 6.19. The van der Waals surface area contributed by atoms with E-state index in [1.807, 2.05) is 0 Å². The molecule has 1 atom stereocenters. The Morgan fingerprint density at radius 2 is 2.42 bits per heavy atom. The number of rotatable bonds is 5. The number of nitrogen functional groups attached to an aromatic ring is 1. The number of nitrogens with two attached hydrogens (primary N) is 1. The van der Waals surface area contributed by atoms with Gasteiger partial charge in [0.25, 0.3) is 0 Å². The molecule has 6 heteroatoms. The summed E-state index contributed by atoms with van der Waals surface area (Å²) in [6.07, 6.45) is 2.06. The molecule has 0 spiro atoms. The second kappa shape index (κ2) is 6.49. The van der Waals surface area contributed by atoms with E-state index in [-0.39, 0.29) is 24.3 Å². The van der Waals surface area contributed by atoms with Crippen LogP contribution in [0.15, 0.2) is 18.2 Å². The van der Waals surface area contributed by atoms with Crippen LogP contribution in [0.3, 0.4) is 0 Å². The van der Waals surface area contributed by atoms with Gasteiger partial charge in [0, 0.05) is 6.61 Å². The molecule has 104 valence electrons. The molecule has 0 aliphatic carbocycles. The predicted molar refractivity (Wildman–Crippen MR) is 69.2 cm³/mol. The Kier molecular flexibility index (Phi) is 4.70. The maximum Gasteiger partial charge on any atom is 0.250 e. The number of carbonyl (C=O) groups excluding carboxylic acids is 1. The molecule has 3 N–H and O–H groups in total. The van der Waals surface area contributed by atoms with Gasteiger partial charge in [-0.2, -0.15) is 0 Å². The molecule has 1 amide bonds. The van der Waals surface area contributed by atoms with Gasteiger partial charge in [0.05, 0.1) is 24.1 Å². The summed E-state index contributed by atoms with van der Waals surface area (Å²) in [5.74, 6) is -0.819. The number of nitrogens with one attached hydrogen (secondary N) is 1. The highest BCUT2D eigenvalue weighted by Gasteiger charge is 2.16. The number of hydrogen-bond acceptors (Lipinski definition) is 4. The Balaban J connectivity index is 1.75. The lowest BCUT2D eigenvalue weighted by Crippen LogP contribution is -2.23. The molecule has 1 aromatic rings. The molecule has 0 aromatic heterocycles. The first-order chi connectivity index (χ1) is 9.15. The van der Waals surface area contributed by atoms with Gasteiger partial charge >= 0.3 is 0 Å². The van der Waals surface area contributed by atoms with Crippen molar-refractivity contribution in [2.24, 2.45) is 0 Å². The van der Waals surface area contributed by atoms with Crippen LogP contribution >= 0.6 is 0 Å².